The highest BCUT2D eigenvalue weighted by Gasteiger charge is 2.25. The van der Waals surface area contributed by atoms with Gasteiger partial charge >= 0.3 is 5.97 Å². The Morgan fingerprint density at radius 2 is 2.07 bits per heavy atom. The van der Waals surface area contributed by atoms with Crippen LogP contribution in [-0.2, 0) is 4.79 Å². The molecule has 0 saturated heterocycles. The quantitative estimate of drug-likeness (QED) is 0.609. The fourth-order valence-electron chi connectivity index (χ4n) is 0.630. The first-order valence-electron chi connectivity index (χ1n) is 4.56. The summed E-state index contributed by atoms with van der Waals surface area (Å²) in [5, 5.41) is 18.4. The molecule has 0 rings (SSSR count). The minimum Gasteiger partial charge on any atom is -0.480 e. The number of thioether (sulfide) groups is 1. The molecule has 2 atom stereocenters. The van der Waals surface area contributed by atoms with Crippen molar-refractivity contribution in [2.45, 2.75) is 32.4 Å². The standard InChI is InChI=1S/C9H19NO3S/c1-6(2)9(3,13)5-14-4-7(10)8(11)12/h6-7,13H,4-5,10H2,1-3H3,(H,11,12)/t7-,9?/m0/s1. The number of hydrogen-bond acceptors (Lipinski definition) is 4. The van der Waals surface area contributed by atoms with Crippen molar-refractivity contribution in [1.82, 2.24) is 0 Å². The Morgan fingerprint density at radius 3 is 2.43 bits per heavy atom. The average molecular weight is 221 g/mol. The van der Waals surface area contributed by atoms with Crippen LogP contribution in [0.2, 0.25) is 0 Å². The van der Waals surface area contributed by atoms with Crippen LogP contribution in [0, 0.1) is 5.92 Å². The normalized spacial score (nSPS) is 17.9. The molecule has 0 aromatic heterocycles. The van der Waals surface area contributed by atoms with Gasteiger partial charge in [-0.25, -0.2) is 0 Å². The molecule has 0 aliphatic carbocycles. The second-order valence-corrected chi connectivity index (χ2v) is 5.00. The van der Waals surface area contributed by atoms with Gasteiger partial charge in [-0.2, -0.15) is 11.8 Å². The van der Waals surface area contributed by atoms with E-state index in [0.717, 1.165) is 0 Å². The highest BCUT2D eigenvalue weighted by molar-refractivity contribution is 7.99. The van der Waals surface area contributed by atoms with Gasteiger partial charge in [0.05, 0.1) is 5.60 Å². The van der Waals surface area contributed by atoms with Gasteiger partial charge in [0.1, 0.15) is 6.04 Å². The van der Waals surface area contributed by atoms with E-state index in [9.17, 15) is 9.90 Å². The van der Waals surface area contributed by atoms with Crippen molar-refractivity contribution in [3.05, 3.63) is 0 Å². The summed E-state index contributed by atoms with van der Waals surface area (Å²) < 4.78 is 0. The van der Waals surface area contributed by atoms with Crippen molar-refractivity contribution in [1.29, 1.82) is 0 Å². The van der Waals surface area contributed by atoms with Crippen LogP contribution in [0.4, 0.5) is 0 Å². The van der Waals surface area contributed by atoms with Crippen LogP contribution >= 0.6 is 11.8 Å². The van der Waals surface area contributed by atoms with E-state index in [0.29, 0.717) is 11.5 Å². The maximum absolute atomic E-state index is 10.4. The lowest BCUT2D eigenvalue weighted by molar-refractivity contribution is -0.137. The summed E-state index contributed by atoms with van der Waals surface area (Å²) in [4.78, 5) is 10.4. The summed E-state index contributed by atoms with van der Waals surface area (Å²) in [5.41, 5.74) is 4.56. The first-order valence-corrected chi connectivity index (χ1v) is 5.71. The van der Waals surface area contributed by atoms with Crippen LogP contribution in [0.5, 0.6) is 0 Å². The average Bonchev–Trinajstić information content (AvgIpc) is 2.03. The van der Waals surface area contributed by atoms with Gasteiger partial charge in [0, 0.05) is 11.5 Å². The Kier molecular flexibility index (Phi) is 5.48. The predicted octanol–water partition coefficient (Wildman–Crippen LogP) is 0.538. The molecule has 84 valence electrons. The Labute approximate surface area is 88.9 Å². The number of hydrogen-bond donors (Lipinski definition) is 3. The molecule has 0 spiro atoms. The summed E-state index contributed by atoms with van der Waals surface area (Å²) in [5.74, 6) is -0.0122. The third-order valence-electron chi connectivity index (χ3n) is 2.25. The molecular weight excluding hydrogens is 202 g/mol. The first-order chi connectivity index (χ1) is 6.27. The molecule has 0 saturated carbocycles. The number of carboxylic acid groups (broad SMARTS) is 1. The van der Waals surface area contributed by atoms with Crippen LogP contribution in [0.15, 0.2) is 0 Å². The number of aliphatic hydroxyl groups is 1. The molecular formula is C9H19NO3S. The van der Waals surface area contributed by atoms with E-state index in [1.807, 2.05) is 13.8 Å². The van der Waals surface area contributed by atoms with E-state index in [-0.39, 0.29) is 5.92 Å². The topological polar surface area (TPSA) is 83.5 Å². The second-order valence-electron chi connectivity index (χ2n) is 3.97. The van der Waals surface area contributed by atoms with Gasteiger partial charge in [0.15, 0.2) is 0 Å². The molecule has 4 nitrogen and oxygen atoms in total. The maximum atomic E-state index is 10.4. The van der Waals surface area contributed by atoms with Crippen molar-refractivity contribution in [3.63, 3.8) is 0 Å². The SMILES string of the molecule is CC(C)C(C)(O)CSC[C@H](N)C(=O)O. The van der Waals surface area contributed by atoms with Gasteiger partial charge < -0.3 is 15.9 Å². The Morgan fingerprint density at radius 1 is 1.57 bits per heavy atom. The molecule has 0 heterocycles. The predicted molar refractivity (Wildman–Crippen MR) is 58.4 cm³/mol. The number of rotatable bonds is 6. The van der Waals surface area contributed by atoms with Crippen molar-refractivity contribution in [2.24, 2.45) is 11.7 Å². The third kappa shape index (κ3) is 4.83. The van der Waals surface area contributed by atoms with Gasteiger partial charge in [-0.1, -0.05) is 13.8 Å². The molecule has 0 aliphatic heterocycles. The van der Waals surface area contributed by atoms with Crippen LogP contribution in [0.25, 0.3) is 0 Å². The van der Waals surface area contributed by atoms with E-state index in [1.165, 1.54) is 11.8 Å². The molecule has 0 aliphatic rings. The molecule has 0 aromatic rings. The summed E-state index contributed by atoms with van der Waals surface area (Å²) in [6, 6.07) is -0.844. The summed E-state index contributed by atoms with van der Waals surface area (Å²) in [7, 11) is 0. The van der Waals surface area contributed by atoms with Gasteiger partial charge in [-0.15, -0.1) is 0 Å². The van der Waals surface area contributed by atoms with Gasteiger partial charge in [-0.3, -0.25) is 4.79 Å². The highest BCUT2D eigenvalue weighted by atomic mass is 32.2. The molecule has 0 amide bonds. The van der Waals surface area contributed by atoms with Crippen LogP contribution in [-0.4, -0.2) is 39.3 Å². The monoisotopic (exact) mass is 221 g/mol. The van der Waals surface area contributed by atoms with Gasteiger partial charge in [0.25, 0.3) is 0 Å². The molecule has 5 heteroatoms. The van der Waals surface area contributed by atoms with Crippen molar-refractivity contribution in [3.8, 4) is 0 Å². The van der Waals surface area contributed by atoms with Crippen LogP contribution in [0.1, 0.15) is 20.8 Å². The highest BCUT2D eigenvalue weighted by Crippen LogP contribution is 2.21. The molecule has 0 aromatic carbocycles. The Bertz CT molecular complexity index is 194. The lowest BCUT2D eigenvalue weighted by atomic mass is 9.95. The summed E-state index contributed by atoms with van der Waals surface area (Å²) in [6.07, 6.45) is 0. The van der Waals surface area contributed by atoms with E-state index in [1.54, 1.807) is 6.92 Å². The van der Waals surface area contributed by atoms with Crippen molar-refractivity contribution < 1.29 is 15.0 Å². The zero-order valence-electron chi connectivity index (χ0n) is 8.86. The fourth-order valence-corrected chi connectivity index (χ4v) is 1.89. The molecule has 0 radical (unpaired) electrons. The first kappa shape index (κ1) is 13.7. The maximum Gasteiger partial charge on any atom is 0.321 e. The smallest absolute Gasteiger partial charge is 0.321 e. The Hall–Kier alpha value is -0.260. The van der Waals surface area contributed by atoms with E-state index in [4.69, 9.17) is 10.8 Å². The lowest BCUT2D eigenvalue weighted by Gasteiger charge is -2.27. The zero-order valence-corrected chi connectivity index (χ0v) is 9.67. The number of nitrogens with two attached hydrogens (primary N) is 1. The van der Waals surface area contributed by atoms with E-state index in [2.05, 4.69) is 0 Å². The number of aliphatic carboxylic acids is 1. The Balaban J connectivity index is 3.79. The fraction of sp³-hybridized carbons (Fsp3) is 0.889. The molecule has 4 N–H and O–H groups in total. The van der Waals surface area contributed by atoms with Crippen LogP contribution in [0.3, 0.4) is 0 Å². The number of carbonyl (C=O) groups is 1. The molecule has 0 bridgehead atoms. The van der Waals surface area contributed by atoms with E-state index < -0.39 is 17.6 Å². The van der Waals surface area contributed by atoms with E-state index >= 15 is 0 Å². The minimum absolute atomic E-state index is 0.149. The van der Waals surface area contributed by atoms with Crippen molar-refractivity contribution in [2.75, 3.05) is 11.5 Å². The summed E-state index contributed by atoms with van der Waals surface area (Å²) in [6.45, 7) is 5.60. The molecule has 14 heavy (non-hydrogen) atoms. The molecule has 0 fully saturated rings. The lowest BCUT2D eigenvalue weighted by Crippen LogP contribution is -2.37. The second kappa shape index (κ2) is 5.58. The van der Waals surface area contributed by atoms with Gasteiger partial charge in [0.2, 0.25) is 0 Å². The zero-order chi connectivity index (χ0) is 11.4. The molecule has 1 unspecified atom stereocenters. The largest absolute Gasteiger partial charge is 0.480 e. The van der Waals surface area contributed by atoms with Crippen LogP contribution < -0.4 is 5.73 Å². The van der Waals surface area contributed by atoms with Crippen molar-refractivity contribution >= 4 is 17.7 Å². The third-order valence-corrected chi connectivity index (χ3v) is 3.64. The number of carboxylic acids is 1. The summed E-state index contributed by atoms with van der Waals surface area (Å²) >= 11 is 1.37. The van der Waals surface area contributed by atoms with Gasteiger partial charge in [-0.05, 0) is 12.8 Å². The minimum atomic E-state index is -0.998.